The van der Waals surface area contributed by atoms with E-state index in [1.54, 1.807) is 10.4 Å². The van der Waals surface area contributed by atoms with Gasteiger partial charge in [-0.1, -0.05) is 0 Å². The van der Waals surface area contributed by atoms with Gasteiger partial charge < -0.3 is 10.0 Å². The number of hydrogen-bond donors (Lipinski definition) is 1. The molecule has 92 valence electrons. The highest BCUT2D eigenvalue weighted by molar-refractivity contribution is 7.07. The normalized spacial score (nSPS) is 24.6. The van der Waals surface area contributed by atoms with Gasteiger partial charge in [0.25, 0.3) is 0 Å². The number of carboxylic acids is 1. The summed E-state index contributed by atoms with van der Waals surface area (Å²) in [5, 5.41) is 11.0. The quantitative estimate of drug-likeness (QED) is 0.888. The SMILES string of the molecule is CC(C)N1C(=O)CC(C(=O)O)C1c1cscn1. The van der Waals surface area contributed by atoms with Crippen LogP contribution in [-0.4, -0.2) is 32.9 Å². The van der Waals surface area contributed by atoms with Crippen molar-refractivity contribution in [3.05, 3.63) is 16.6 Å². The molecule has 1 amide bonds. The molecule has 0 bridgehead atoms. The Labute approximate surface area is 103 Å². The molecule has 0 saturated carbocycles. The molecular formula is C11H14N2O3S. The highest BCUT2D eigenvalue weighted by atomic mass is 32.1. The molecule has 0 aromatic carbocycles. The molecule has 2 heterocycles. The lowest BCUT2D eigenvalue weighted by molar-refractivity contribution is -0.142. The van der Waals surface area contributed by atoms with Crippen molar-refractivity contribution in [1.29, 1.82) is 0 Å². The molecule has 2 rings (SSSR count). The molecule has 5 nitrogen and oxygen atoms in total. The number of amides is 1. The van der Waals surface area contributed by atoms with Gasteiger partial charge in [0, 0.05) is 17.8 Å². The summed E-state index contributed by atoms with van der Waals surface area (Å²) in [6, 6.07) is -0.440. The Kier molecular flexibility index (Phi) is 3.15. The van der Waals surface area contributed by atoms with Crippen molar-refractivity contribution in [3.63, 3.8) is 0 Å². The smallest absolute Gasteiger partial charge is 0.309 e. The molecule has 1 aliphatic heterocycles. The van der Waals surface area contributed by atoms with E-state index in [-0.39, 0.29) is 18.4 Å². The van der Waals surface area contributed by atoms with E-state index < -0.39 is 17.9 Å². The van der Waals surface area contributed by atoms with Crippen molar-refractivity contribution in [2.75, 3.05) is 0 Å². The van der Waals surface area contributed by atoms with E-state index in [9.17, 15) is 14.7 Å². The number of hydrogen-bond acceptors (Lipinski definition) is 4. The van der Waals surface area contributed by atoms with Crippen LogP contribution in [0.3, 0.4) is 0 Å². The molecular weight excluding hydrogens is 240 g/mol. The number of aromatic nitrogens is 1. The molecule has 0 radical (unpaired) electrons. The van der Waals surface area contributed by atoms with Crippen molar-refractivity contribution in [3.8, 4) is 0 Å². The molecule has 1 N–H and O–H groups in total. The number of rotatable bonds is 3. The zero-order valence-electron chi connectivity index (χ0n) is 9.66. The van der Waals surface area contributed by atoms with Gasteiger partial charge >= 0.3 is 5.97 Å². The first-order valence-electron chi connectivity index (χ1n) is 5.44. The van der Waals surface area contributed by atoms with Crippen molar-refractivity contribution >= 4 is 23.2 Å². The standard InChI is InChI=1S/C11H14N2O3S/c1-6(2)13-9(14)3-7(11(15)16)10(13)8-4-17-5-12-8/h4-7,10H,3H2,1-2H3,(H,15,16). The largest absolute Gasteiger partial charge is 0.481 e. The zero-order chi connectivity index (χ0) is 12.6. The predicted octanol–water partition coefficient (Wildman–Crippen LogP) is 1.53. The topological polar surface area (TPSA) is 70.5 Å². The van der Waals surface area contributed by atoms with Gasteiger partial charge in [-0.05, 0) is 13.8 Å². The summed E-state index contributed by atoms with van der Waals surface area (Å²) < 4.78 is 0. The maximum absolute atomic E-state index is 11.9. The maximum atomic E-state index is 11.9. The van der Waals surface area contributed by atoms with E-state index in [4.69, 9.17) is 0 Å². The minimum atomic E-state index is -0.931. The first-order chi connectivity index (χ1) is 8.02. The van der Waals surface area contributed by atoms with E-state index in [1.807, 2.05) is 19.2 Å². The van der Waals surface area contributed by atoms with E-state index in [0.29, 0.717) is 5.69 Å². The summed E-state index contributed by atoms with van der Waals surface area (Å²) in [5.74, 6) is -1.73. The molecule has 1 fully saturated rings. The fourth-order valence-electron chi connectivity index (χ4n) is 2.30. The number of carboxylic acid groups (broad SMARTS) is 1. The Bertz CT molecular complexity index is 430. The Balaban J connectivity index is 2.39. The second-order valence-electron chi connectivity index (χ2n) is 4.40. The van der Waals surface area contributed by atoms with Gasteiger partial charge in [0.2, 0.25) is 5.91 Å². The van der Waals surface area contributed by atoms with Crippen LogP contribution in [-0.2, 0) is 9.59 Å². The van der Waals surface area contributed by atoms with E-state index in [2.05, 4.69) is 4.98 Å². The van der Waals surface area contributed by atoms with Crippen LogP contribution in [0, 0.1) is 5.92 Å². The van der Waals surface area contributed by atoms with Gasteiger partial charge in [0.05, 0.1) is 23.2 Å². The van der Waals surface area contributed by atoms with Gasteiger partial charge in [-0.3, -0.25) is 9.59 Å². The fourth-order valence-corrected chi connectivity index (χ4v) is 2.89. The van der Waals surface area contributed by atoms with E-state index >= 15 is 0 Å². The molecule has 0 spiro atoms. The first-order valence-corrected chi connectivity index (χ1v) is 6.38. The Morgan fingerprint density at radius 1 is 1.65 bits per heavy atom. The van der Waals surface area contributed by atoms with Gasteiger partial charge in [-0.25, -0.2) is 4.98 Å². The van der Waals surface area contributed by atoms with Crippen LogP contribution >= 0.6 is 11.3 Å². The van der Waals surface area contributed by atoms with Gasteiger partial charge in [-0.15, -0.1) is 11.3 Å². The van der Waals surface area contributed by atoms with E-state index in [0.717, 1.165) is 0 Å². The number of aliphatic carboxylic acids is 1. The van der Waals surface area contributed by atoms with Crippen molar-refractivity contribution in [2.45, 2.75) is 32.4 Å². The molecule has 0 aliphatic carbocycles. The minimum absolute atomic E-state index is 0.0152. The third kappa shape index (κ3) is 2.04. The van der Waals surface area contributed by atoms with Crippen molar-refractivity contribution in [2.24, 2.45) is 5.92 Å². The molecule has 6 heteroatoms. The Morgan fingerprint density at radius 3 is 2.82 bits per heavy atom. The molecule has 1 aromatic rings. The highest BCUT2D eigenvalue weighted by Crippen LogP contribution is 2.39. The average molecular weight is 254 g/mol. The van der Waals surface area contributed by atoms with Crippen LogP contribution in [0.4, 0.5) is 0 Å². The lowest BCUT2D eigenvalue weighted by Crippen LogP contribution is -2.36. The lowest BCUT2D eigenvalue weighted by Gasteiger charge is -2.29. The highest BCUT2D eigenvalue weighted by Gasteiger charge is 2.46. The van der Waals surface area contributed by atoms with Gasteiger partial charge in [-0.2, -0.15) is 0 Å². The summed E-state index contributed by atoms with van der Waals surface area (Å²) in [6.07, 6.45) is 0.0652. The number of likely N-dealkylation sites (tertiary alicyclic amines) is 1. The second-order valence-corrected chi connectivity index (χ2v) is 5.12. The zero-order valence-corrected chi connectivity index (χ0v) is 10.5. The van der Waals surface area contributed by atoms with Crippen LogP contribution in [0.25, 0.3) is 0 Å². The third-order valence-electron chi connectivity index (χ3n) is 2.99. The number of thiazole rings is 1. The predicted molar refractivity (Wildman–Crippen MR) is 62.6 cm³/mol. The number of carbonyl (C=O) groups excluding carboxylic acids is 1. The number of nitrogens with zero attached hydrogens (tertiary/aromatic N) is 2. The molecule has 2 unspecified atom stereocenters. The monoisotopic (exact) mass is 254 g/mol. The van der Waals surface area contributed by atoms with Gasteiger partial charge in [0.1, 0.15) is 0 Å². The van der Waals surface area contributed by atoms with E-state index in [1.165, 1.54) is 11.3 Å². The fraction of sp³-hybridized carbons (Fsp3) is 0.545. The van der Waals surface area contributed by atoms with Crippen LogP contribution in [0.1, 0.15) is 32.0 Å². The Hall–Kier alpha value is -1.43. The Morgan fingerprint density at radius 2 is 2.35 bits per heavy atom. The molecule has 1 aliphatic rings. The minimum Gasteiger partial charge on any atom is -0.481 e. The van der Waals surface area contributed by atoms with Crippen LogP contribution in [0.15, 0.2) is 10.9 Å². The summed E-state index contributed by atoms with van der Waals surface area (Å²) in [6.45, 7) is 3.78. The number of carbonyl (C=O) groups is 2. The maximum Gasteiger partial charge on any atom is 0.309 e. The van der Waals surface area contributed by atoms with Crippen molar-refractivity contribution < 1.29 is 14.7 Å². The first kappa shape index (κ1) is 12.0. The van der Waals surface area contributed by atoms with Gasteiger partial charge in [0.15, 0.2) is 0 Å². The molecule has 17 heavy (non-hydrogen) atoms. The summed E-state index contributed by atoms with van der Waals surface area (Å²) in [5.41, 5.74) is 2.34. The third-order valence-corrected chi connectivity index (χ3v) is 3.60. The summed E-state index contributed by atoms with van der Waals surface area (Å²) >= 11 is 1.41. The average Bonchev–Trinajstić information content (AvgIpc) is 2.82. The van der Waals surface area contributed by atoms with Crippen LogP contribution < -0.4 is 0 Å². The summed E-state index contributed by atoms with van der Waals surface area (Å²) in [7, 11) is 0. The van der Waals surface area contributed by atoms with Crippen LogP contribution in [0.2, 0.25) is 0 Å². The van der Waals surface area contributed by atoms with Crippen LogP contribution in [0.5, 0.6) is 0 Å². The lowest BCUT2D eigenvalue weighted by atomic mass is 9.98. The molecule has 2 atom stereocenters. The second kappa shape index (κ2) is 4.44. The van der Waals surface area contributed by atoms with Crippen molar-refractivity contribution in [1.82, 2.24) is 9.88 Å². The molecule has 1 saturated heterocycles. The molecule has 1 aromatic heterocycles. The summed E-state index contributed by atoms with van der Waals surface area (Å²) in [4.78, 5) is 28.9.